The maximum atomic E-state index is 6.24. The summed E-state index contributed by atoms with van der Waals surface area (Å²) in [5, 5.41) is 4.05. The van der Waals surface area contributed by atoms with Gasteiger partial charge >= 0.3 is 0 Å². The number of fused-ring (bicyclic) bond motifs is 1. The monoisotopic (exact) mass is 265 g/mol. The Morgan fingerprint density at radius 2 is 1.68 bits per heavy atom. The Kier molecular flexibility index (Phi) is 4.45. The van der Waals surface area contributed by atoms with Crippen molar-refractivity contribution >= 4 is 0 Å². The molecule has 3 N–H and O–H groups in total. The lowest BCUT2D eigenvalue weighted by Gasteiger charge is -2.43. The fraction of sp³-hybridized carbons (Fsp3) is 1.00. The standard InChI is InChI=1S/C16H31N3/c17-13-16(18-14-7-3-1-2-4-8-14)10-12-19-11-6-5-9-15(16)19/h14-15,18H,1-13,17H2. The molecule has 0 aromatic rings. The maximum Gasteiger partial charge on any atom is 0.0475 e. The zero-order chi connectivity index (χ0) is 13.1. The molecule has 2 atom stereocenters. The van der Waals surface area contributed by atoms with Crippen LogP contribution in [0.2, 0.25) is 0 Å². The van der Waals surface area contributed by atoms with Crippen molar-refractivity contribution in [3.8, 4) is 0 Å². The lowest BCUT2D eigenvalue weighted by Crippen LogP contribution is -2.62. The van der Waals surface area contributed by atoms with Gasteiger partial charge in [-0.15, -0.1) is 0 Å². The van der Waals surface area contributed by atoms with Crippen LogP contribution in [0.4, 0.5) is 0 Å². The van der Waals surface area contributed by atoms with Crippen LogP contribution in [0.25, 0.3) is 0 Å². The van der Waals surface area contributed by atoms with E-state index in [0.29, 0.717) is 0 Å². The van der Waals surface area contributed by atoms with Crippen molar-refractivity contribution in [3.63, 3.8) is 0 Å². The molecule has 0 bridgehead atoms. The van der Waals surface area contributed by atoms with Gasteiger partial charge in [0.05, 0.1) is 0 Å². The molecule has 3 nitrogen and oxygen atoms in total. The van der Waals surface area contributed by atoms with E-state index in [1.807, 2.05) is 0 Å². The highest BCUT2D eigenvalue weighted by atomic mass is 15.3. The third-order valence-electron chi connectivity index (χ3n) is 5.81. The second-order valence-electron chi connectivity index (χ2n) is 6.99. The summed E-state index contributed by atoms with van der Waals surface area (Å²) in [6.07, 6.45) is 13.8. The second-order valence-corrected chi connectivity index (χ2v) is 6.99. The van der Waals surface area contributed by atoms with Gasteiger partial charge in [-0.25, -0.2) is 0 Å². The van der Waals surface area contributed by atoms with Crippen LogP contribution in [0.15, 0.2) is 0 Å². The molecule has 2 heterocycles. The Morgan fingerprint density at radius 1 is 0.947 bits per heavy atom. The van der Waals surface area contributed by atoms with Crippen LogP contribution >= 0.6 is 0 Å². The van der Waals surface area contributed by atoms with Gasteiger partial charge in [-0.05, 0) is 38.6 Å². The average molecular weight is 265 g/mol. The zero-order valence-electron chi connectivity index (χ0n) is 12.4. The Balaban J connectivity index is 1.68. The molecule has 3 fully saturated rings. The van der Waals surface area contributed by atoms with Crippen molar-refractivity contribution in [3.05, 3.63) is 0 Å². The van der Waals surface area contributed by atoms with Crippen LogP contribution in [-0.4, -0.2) is 42.2 Å². The van der Waals surface area contributed by atoms with Crippen LogP contribution in [0.5, 0.6) is 0 Å². The summed E-state index contributed by atoms with van der Waals surface area (Å²) in [6, 6.07) is 1.45. The van der Waals surface area contributed by atoms with Crippen molar-refractivity contribution < 1.29 is 0 Å². The molecule has 0 radical (unpaired) electrons. The minimum absolute atomic E-state index is 0.232. The SMILES string of the molecule is NCC1(NC2CCCCCC2)CCN2CCCCC21. The van der Waals surface area contributed by atoms with E-state index < -0.39 is 0 Å². The first-order chi connectivity index (χ1) is 9.34. The van der Waals surface area contributed by atoms with Gasteiger partial charge in [0, 0.05) is 30.7 Å². The van der Waals surface area contributed by atoms with Crippen LogP contribution in [0.3, 0.4) is 0 Å². The minimum atomic E-state index is 0.232. The Labute approximate surface area is 118 Å². The van der Waals surface area contributed by atoms with Gasteiger partial charge in [0.25, 0.3) is 0 Å². The predicted octanol–water partition coefficient (Wildman–Crippen LogP) is 2.25. The van der Waals surface area contributed by atoms with Crippen LogP contribution in [0, 0.1) is 0 Å². The summed E-state index contributed by atoms with van der Waals surface area (Å²) in [5.41, 5.74) is 6.47. The number of hydrogen-bond acceptors (Lipinski definition) is 3. The normalized spacial score (nSPS) is 38.1. The summed E-state index contributed by atoms with van der Waals surface area (Å²) in [6.45, 7) is 3.39. The first-order valence-electron chi connectivity index (χ1n) is 8.56. The van der Waals surface area contributed by atoms with Crippen molar-refractivity contribution in [2.75, 3.05) is 19.6 Å². The van der Waals surface area contributed by atoms with E-state index in [4.69, 9.17) is 5.73 Å². The molecule has 0 spiro atoms. The van der Waals surface area contributed by atoms with Crippen molar-refractivity contribution in [1.29, 1.82) is 0 Å². The number of hydrogen-bond donors (Lipinski definition) is 2. The molecule has 0 aromatic heterocycles. The second kappa shape index (κ2) is 6.11. The molecule has 3 aliphatic rings. The minimum Gasteiger partial charge on any atom is -0.329 e. The van der Waals surface area contributed by atoms with E-state index in [-0.39, 0.29) is 5.54 Å². The van der Waals surface area contributed by atoms with Crippen molar-refractivity contribution in [2.45, 2.75) is 81.8 Å². The van der Waals surface area contributed by atoms with E-state index in [0.717, 1.165) is 18.6 Å². The maximum absolute atomic E-state index is 6.24. The Hall–Kier alpha value is -0.120. The topological polar surface area (TPSA) is 41.3 Å². The molecule has 2 unspecified atom stereocenters. The predicted molar refractivity (Wildman–Crippen MR) is 80.2 cm³/mol. The summed E-state index contributed by atoms with van der Waals surface area (Å²) in [5.74, 6) is 0. The smallest absolute Gasteiger partial charge is 0.0475 e. The summed E-state index contributed by atoms with van der Waals surface area (Å²) in [7, 11) is 0. The molecule has 2 saturated heterocycles. The fourth-order valence-corrected chi connectivity index (χ4v) is 4.69. The Morgan fingerprint density at radius 3 is 2.42 bits per heavy atom. The molecular weight excluding hydrogens is 234 g/mol. The highest BCUT2D eigenvalue weighted by Gasteiger charge is 2.47. The highest BCUT2D eigenvalue weighted by molar-refractivity contribution is 5.08. The van der Waals surface area contributed by atoms with Gasteiger partial charge in [0.15, 0.2) is 0 Å². The molecule has 2 aliphatic heterocycles. The molecule has 110 valence electrons. The lowest BCUT2D eigenvalue weighted by atomic mass is 9.84. The molecule has 3 heteroatoms. The van der Waals surface area contributed by atoms with E-state index in [9.17, 15) is 0 Å². The van der Waals surface area contributed by atoms with Crippen molar-refractivity contribution in [1.82, 2.24) is 10.2 Å². The zero-order valence-corrected chi connectivity index (χ0v) is 12.4. The third-order valence-corrected chi connectivity index (χ3v) is 5.81. The van der Waals surface area contributed by atoms with Crippen LogP contribution in [-0.2, 0) is 0 Å². The van der Waals surface area contributed by atoms with E-state index in [1.165, 1.54) is 77.3 Å². The molecule has 0 amide bonds. The number of nitrogens with one attached hydrogen (secondary N) is 1. The largest absolute Gasteiger partial charge is 0.329 e. The molecule has 3 rings (SSSR count). The van der Waals surface area contributed by atoms with Gasteiger partial charge in [0.2, 0.25) is 0 Å². The van der Waals surface area contributed by atoms with E-state index in [1.54, 1.807) is 0 Å². The quantitative estimate of drug-likeness (QED) is 0.769. The number of nitrogens with two attached hydrogens (primary N) is 1. The van der Waals surface area contributed by atoms with Gasteiger partial charge in [-0.3, -0.25) is 4.90 Å². The van der Waals surface area contributed by atoms with Crippen LogP contribution in [0.1, 0.15) is 64.2 Å². The Bertz CT molecular complexity index is 286. The molecule has 0 aromatic carbocycles. The van der Waals surface area contributed by atoms with Crippen molar-refractivity contribution in [2.24, 2.45) is 5.73 Å². The third kappa shape index (κ3) is 2.84. The average Bonchev–Trinajstić information content (AvgIpc) is 2.63. The molecule has 19 heavy (non-hydrogen) atoms. The number of piperidine rings is 1. The van der Waals surface area contributed by atoms with Gasteiger partial charge < -0.3 is 11.1 Å². The van der Waals surface area contributed by atoms with Gasteiger partial charge in [-0.2, -0.15) is 0 Å². The lowest BCUT2D eigenvalue weighted by molar-refractivity contribution is 0.130. The van der Waals surface area contributed by atoms with Gasteiger partial charge in [-0.1, -0.05) is 32.1 Å². The molecule has 1 aliphatic carbocycles. The van der Waals surface area contributed by atoms with E-state index >= 15 is 0 Å². The molecular formula is C16H31N3. The molecule has 1 saturated carbocycles. The summed E-state index contributed by atoms with van der Waals surface area (Å²) in [4.78, 5) is 2.71. The highest BCUT2D eigenvalue weighted by Crippen LogP contribution is 2.35. The van der Waals surface area contributed by atoms with Crippen LogP contribution < -0.4 is 11.1 Å². The van der Waals surface area contributed by atoms with Gasteiger partial charge in [0.1, 0.15) is 0 Å². The van der Waals surface area contributed by atoms with E-state index in [2.05, 4.69) is 10.2 Å². The number of rotatable bonds is 3. The fourth-order valence-electron chi connectivity index (χ4n) is 4.69. The first-order valence-corrected chi connectivity index (χ1v) is 8.56. The summed E-state index contributed by atoms with van der Waals surface area (Å²) >= 11 is 0. The first kappa shape index (κ1) is 13.8. The summed E-state index contributed by atoms with van der Waals surface area (Å²) < 4.78 is 0. The number of nitrogens with zero attached hydrogens (tertiary/aromatic N) is 1.